The number of rotatable bonds is 12. The highest BCUT2D eigenvalue weighted by atomic mass is 19.4. The van der Waals surface area contributed by atoms with Gasteiger partial charge in [0, 0.05) is 17.5 Å². The molecule has 3 aromatic rings. The number of fused-ring (bicyclic) bond motifs is 1. The van der Waals surface area contributed by atoms with Gasteiger partial charge in [0.1, 0.15) is 30.5 Å². The highest BCUT2D eigenvalue weighted by Crippen LogP contribution is 2.30. The number of alkyl halides is 3. The zero-order chi connectivity index (χ0) is 27.0. The molecule has 0 aliphatic rings. The SMILES string of the molecule is C=CC(=O)OCC(COc1ccc2cc(-c3ccc(CCCCC)cc3CC)c(=O)oc2c1)C(F)(F)F. The van der Waals surface area contributed by atoms with Crippen molar-refractivity contribution in [2.75, 3.05) is 13.2 Å². The van der Waals surface area contributed by atoms with Gasteiger partial charge in [-0.2, -0.15) is 13.2 Å². The predicted molar refractivity (Wildman–Crippen MR) is 137 cm³/mol. The Kier molecular flexibility index (Phi) is 9.55. The lowest BCUT2D eigenvalue weighted by atomic mass is 9.94. The van der Waals surface area contributed by atoms with Crippen molar-refractivity contribution in [1.82, 2.24) is 0 Å². The maximum Gasteiger partial charge on any atom is 0.398 e. The Hall–Kier alpha value is -3.55. The summed E-state index contributed by atoms with van der Waals surface area (Å²) in [6, 6.07) is 12.4. The number of hydrogen-bond donors (Lipinski definition) is 0. The van der Waals surface area contributed by atoms with Gasteiger partial charge in [-0.1, -0.05) is 51.5 Å². The lowest BCUT2D eigenvalue weighted by Gasteiger charge is -2.20. The van der Waals surface area contributed by atoms with E-state index in [0.29, 0.717) is 10.9 Å². The topological polar surface area (TPSA) is 65.7 Å². The van der Waals surface area contributed by atoms with Crippen molar-refractivity contribution in [2.24, 2.45) is 5.92 Å². The second-order valence-corrected chi connectivity index (χ2v) is 8.83. The number of unbranched alkanes of at least 4 members (excludes halogenated alkanes) is 2. The number of carbonyl (C=O) groups is 1. The van der Waals surface area contributed by atoms with Crippen LogP contribution in [0.2, 0.25) is 0 Å². The molecule has 0 N–H and O–H groups in total. The van der Waals surface area contributed by atoms with Crippen LogP contribution in [0.1, 0.15) is 44.2 Å². The van der Waals surface area contributed by atoms with Crippen LogP contribution in [0.5, 0.6) is 5.75 Å². The minimum absolute atomic E-state index is 0.0957. The van der Waals surface area contributed by atoms with E-state index >= 15 is 0 Å². The third-order valence-corrected chi connectivity index (χ3v) is 6.12. The van der Waals surface area contributed by atoms with Crippen molar-refractivity contribution in [2.45, 2.75) is 52.1 Å². The van der Waals surface area contributed by atoms with Crippen LogP contribution < -0.4 is 10.4 Å². The number of halogens is 3. The fraction of sp³-hybridized carbons (Fsp3) is 0.379. The number of carbonyl (C=O) groups excluding carboxylic acids is 1. The molecule has 0 saturated carbocycles. The molecule has 3 rings (SSSR count). The van der Waals surface area contributed by atoms with Gasteiger partial charge in [-0.05, 0) is 54.2 Å². The summed E-state index contributed by atoms with van der Waals surface area (Å²) in [5.74, 6) is -2.88. The summed E-state index contributed by atoms with van der Waals surface area (Å²) < 4.78 is 55.3. The number of benzene rings is 2. The molecule has 5 nitrogen and oxygen atoms in total. The van der Waals surface area contributed by atoms with Crippen LogP contribution in [-0.2, 0) is 22.4 Å². The van der Waals surface area contributed by atoms with E-state index in [-0.39, 0.29) is 11.3 Å². The number of esters is 1. The van der Waals surface area contributed by atoms with E-state index in [0.717, 1.165) is 42.9 Å². The summed E-state index contributed by atoms with van der Waals surface area (Å²) in [7, 11) is 0. The van der Waals surface area contributed by atoms with Crippen molar-refractivity contribution in [3.8, 4) is 16.9 Å². The fourth-order valence-corrected chi connectivity index (χ4v) is 3.98. The zero-order valence-corrected chi connectivity index (χ0v) is 21.0. The van der Waals surface area contributed by atoms with Crippen LogP contribution in [0, 0.1) is 5.92 Å². The van der Waals surface area contributed by atoms with Crippen molar-refractivity contribution in [3.05, 3.63) is 76.7 Å². The molecule has 0 bridgehead atoms. The first-order valence-corrected chi connectivity index (χ1v) is 12.3. The predicted octanol–water partition coefficient (Wildman–Crippen LogP) is 7.04. The van der Waals surface area contributed by atoms with Gasteiger partial charge < -0.3 is 13.9 Å². The average molecular weight is 517 g/mol. The molecule has 37 heavy (non-hydrogen) atoms. The van der Waals surface area contributed by atoms with Crippen molar-refractivity contribution < 1.29 is 31.9 Å². The van der Waals surface area contributed by atoms with Crippen molar-refractivity contribution >= 4 is 16.9 Å². The highest BCUT2D eigenvalue weighted by molar-refractivity contribution is 5.83. The van der Waals surface area contributed by atoms with Gasteiger partial charge in [0.25, 0.3) is 0 Å². The summed E-state index contributed by atoms with van der Waals surface area (Å²) >= 11 is 0. The Bertz CT molecular complexity index is 1290. The van der Waals surface area contributed by atoms with Gasteiger partial charge in [0.05, 0.1) is 5.56 Å². The molecular formula is C29H31F3O5. The van der Waals surface area contributed by atoms with E-state index in [2.05, 4.69) is 24.3 Å². The van der Waals surface area contributed by atoms with Crippen LogP contribution >= 0.6 is 0 Å². The summed E-state index contributed by atoms with van der Waals surface area (Å²) in [5, 5.41) is 0.614. The molecular weight excluding hydrogens is 485 g/mol. The van der Waals surface area contributed by atoms with E-state index in [4.69, 9.17) is 9.15 Å². The normalized spacial score (nSPS) is 12.4. The monoisotopic (exact) mass is 516 g/mol. The van der Waals surface area contributed by atoms with Crippen LogP contribution in [0.25, 0.3) is 22.1 Å². The summed E-state index contributed by atoms with van der Waals surface area (Å²) in [4.78, 5) is 24.0. The molecule has 0 radical (unpaired) electrons. The molecule has 0 aliphatic heterocycles. The van der Waals surface area contributed by atoms with E-state index in [1.807, 2.05) is 19.1 Å². The van der Waals surface area contributed by atoms with Gasteiger partial charge in [0.15, 0.2) is 0 Å². The largest absolute Gasteiger partial charge is 0.493 e. The Morgan fingerprint density at radius 2 is 1.84 bits per heavy atom. The van der Waals surface area contributed by atoms with E-state index < -0.39 is 36.9 Å². The summed E-state index contributed by atoms with van der Waals surface area (Å²) in [5.41, 5.74) is 3.18. The van der Waals surface area contributed by atoms with Crippen LogP contribution in [-0.4, -0.2) is 25.4 Å². The average Bonchev–Trinajstić information content (AvgIpc) is 2.87. The zero-order valence-electron chi connectivity index (χ0n) is 21.0. The van der Waals surface area contributed by atoms with E-state index in [9.17, 15) is 22.8 Å². The number of ether oxygens (including phenoxy) is 2. The quantitative estimate of drug-likeness (QED) is 0.112. The molecule has 8 heteroatoms. The number of aryl methyl sites for hydroxylation is 2. The molecule has 0 saturated heterocycles. The molecule has 0 aliphatic carbocycles. The Morgan fingerprint density at radius 1 is 1.05 bits per heavy atom. The maximum absolute atomic E-state index is 13.3. The van der Waals surface area contributed by atoms with Gasteiger partial charge in [-0.25, -0.2) is 9.59 Å². The molecule has 198 valence electrons. The van der Waals surface area contributed by atoms with E-state index in [1.165, 1.54) is 24.1 Å². The Labute approximate surface area is 213 Å². The molecule has 1 unspecified atom stereocenters. The van der Waals surface area contributed by atoms with Crippen molar-refractivity contribution in [3.63, 3.8) is 0 Å². The van der Waals surface area contributed by atoms with Gasteiger partial charge in [-0.15, -0.1) is 0 Å². The maximum atomic E-state index is 13.3. The molecule has 1 atom stereocenters. The summed E-state index contributed by atoms with van der Waals surface area (Å²) in [6.45, 7) is 5.70. The fourth-order valence-electron chi connectivity index (χ4n) is 3.98. The molecule has 1 aromatic heterocycles. The minimum Gasteiger partial charge on any atom is -0.493 e. The summed E-state index contributed by atoms with van der Waals surface area (Å²) in [6.07, 6.45) is 1.33. The first kappa shape index (κ1) is 28.0. The molecule has 2 aromatic carbocycles. The number of hydrogen-bond acceptors (Lipinski definition) is 5. The molecule has 0 spiro atoms. The van der Waals surface area contributed by atoms with Gasteiger partial charge in [-0.3, -0.25) is 0 Å². The molecule has 1 heterocycles. The first-order chi connectivity index (χ1) is 17.7. The third kappa shape index (κ3) is 7.47. The van der Waals surface area contributed by atoms with Crippen LogP contribution in [0.3, 0.4) is 0 Å². The third-order valence-electron chi connectivity index (χ3n) is 6.12. The Balaban J connectivity index is 1.81. The first-order valence-electron chi connectivity index (χ1n) is 12.3. The van der Waals surface area contributed by atoms with E-state index in [1.54, 1.807) is 12.1 Å². The molecule has 0 amide bonds. The minimum atomic E-state index is -4.64. The van der Waals surface area contributed by atoms with Gasteiger partial charge in [0.2, 0.25) is 0 Å². The lowest BCUT2D eigenvalue weighted by molar-refractivity contribution is -0.195. The van der Waals surface area contributed by atoms with Gasteiger partial charge >= 0.3 is 17.8 Å². The second kappa shape index (κ2) is 12.6. The lowest BCUT2D eigenvalue weighted by Crippen LogP contribution is -2.33. The molecule has 0 fully saturated rings. The van der Waals surface area contributed by atoms with Crippen LogP contribution in [0.15, 0.2) is 64.3 Å². The highest BCUT2D eigenvalue weighted by Gasteiger charge is 2.41. The van der Waals surface area contributed by atoms with Crippen LogP contribution in [0.4, 0.5) is 13.2 Å². The smallest absolute Gasteiger partial charge is 0.398 e. The standard InChI is InChI=1S/C29H31F3O5/c1-4-7-8-9-19-10-13-24(20(5-2)14-19)25-15-21-11-12-23(16-26(21)37-28(25)34)35-17-22(29(30,31)32)18-36-27(33)6-3/h6,10-16,22H,3-5,7-9,17-18H2,1-2H3. The Morgan fingerprint density at radius 3 is 2.51 bits per heavy atom. The second-order valence-electron chi connectivity index (χ2n) is 8.83. The van der Waals surface area contributed by atoms with Crippen molar-refractivity contribution in [1.29, 1.82) is 0 Å².